The van der Waals surface area contributed by atoms with Crippen LogP contribution in [0, 0.1) is 0 Å². The van der Waals surface area contributed by atoms with Crippen molar-refractivity contribution < 1.29 is 31.8 Å². The summed E-state index contributed by atoms with van der Waals surface area (Å²) in [4.78, 5) is 25.1. The largest absolute Gasteiger partial charge is 0.573 e. The van der Waals surface area contributed by atoms with Crippen LogP contribution in [-0.4, -0.2) is 23.9 Å². The summed E-state index contributed by atoms with van der Waals surface area (Å²) in [5.74, 6) is -2.00. The number of halogens is 4. The average Bonchev–Trinajstić information content (AvgIpc) is 2.33. The molecule has 0 saturated heterocycles. The second-order valence-corrected chi connectivity index (χ2v) is 3.61. The molecular formula is C11H11F4NO4. The Kier molecular flexibility index (Phi) is 5.12. The molecule has 9 heteroatoms. The monoisotopic (exact) mass is 297 g/mol. The van der Waals surface area contributed by atoms with Crippen LogP contribution in [-0.2, 0) is 22.6 Å². The van der Waals surface area contributed by atoms with Crippen LogP contribution >= 0.6 is 0 Å². The number of H-pyrrole nitrogens is 1. The SMILES string of the molecule is CCOC(=O)Cc1[nH]cc(CF)c(=O)c1OC(F)(F)F. The minimum absolute atomic E-state index is 0.0289. The molecule has 1 aromatic heterocycles. The Bertz CT molecular complexity index is 538. The number of carbonyl (C=O) groups is 1. The standard InChI is InChI=1S/C11H11F4NO4/c1-2-19-8(17)3-7-10(20-11(13,14)15)9(18)6(4-12)5-16-7/h5H,2-4H2,1H3,(H,16,18). The molecule has 0 radical (unpaired) electrons. The van der Waals surface area contributed by atoms with E-state index in [9.17, 15) is 27.2 Å². The molecular weight excluding hydrogens is 286 g/mol. The van der Waals surface area contributed by atoms with Gasteiger partial charge in [0, 0.05) is 6.20 Å². The van der Waals surface area contributed by atoms with Gasteiger partial charge in [-0.15, -0.1) is 13.2 Å². The average molecular weight is 297 g/mol. The zero-order valence-corrected chi connectivity index (χ0v) is 10.3. The van der Waals surface area contributed by atoms with Crippen LogP contribution in [0.4, 0.5) is 17.6 Å². The first kappa shape index (κ1) is 16.0. The van der Waals surface area contributed by atoms with Crippen molar-refractivity contribution in [1.29, 1.82) is 0 Å². The van der Waals surface area contributed by atoms with E-state index in [2.05, 4.69) is 14.5 Å². The van der Waals surface area contributed by atoms with Gasteiger partial charge < -0.3 is 14.5 Å². The summed E-state index contributed by atoms with van der Waals surface area (Å²) in [6.45, 7) is 0.282. The highest BCUT2D eigenvalue weighted by Crippen LogP contribution is 2.23. The molecule has 0 bridgehead atoms. The van der Waals surface area contributed by atoms with Gasteiger partial charge in [-0.25, -0.2) is 4.39 Å². The topological polar surface area (TPSA) is 68.4 Å². The molecule has 0 unspecified atom stereocenters. The summed E-state index contributed by atoms with van der Waals surface area (Å²) < 4.78 is 57.3. The van der Waals surface area contributed by atoms with Crippen LogP contribution in [0.5, 0.6) is 5.75 Å². The van der Waals surface area contributed by atoms with Crippen LogP contribution in [0.2, 0.25) is 0 Å². The molecule has 0 aromatic carbocycles. The molecule has 1 heterocycles. The lowest BCUT2D eigenvalue weighted by Crippen LogP contribution is -2.26. The Hall–Kier alpha value is -2.06. The number of esters is 1. The van der Waals surface area contributed by atoms with E-state index in [0.717, 1.165) is 6.20 Å². The fraction of sp³-hybridized carbons (Fsp3) is 0.455. The van der Waals surface area contributed by atoms with Crippen LogP contribution in [0.1, 0.15) is 18.2 Å². The van der Waals surface area contributed by atoms with Crippen LogP contribution in [0.25, 0.3) is 0 Å². The van der Waals surface area contributed by atoms with Gasteiger partial charge in [0.15, 0.2) is 5.75 Å². The summed E-state index contributed by atoms with van der Waals surface area (Å²) in [6.07, 6.45) is -4.87. The molecule has 5 nitrogen and oxygen atoms in total. The minimum Gasteiger partial charge on any atom is -0.466 e. The first-order valence-corrected chi connectivity index (χ1v) is 5.49. The fourth-order valence-corrected chi connectivity index (χ4v) is 1.40. The first-order valence-electron chi connectivity index (χ1n) is 5.49. The van der Waals surface area contributed by atoms with Crippen LogP contribution < -0.4 is 10.2 Å². The fourth-order valence-electron chi connectivity index (χ4n) is 1.40. The number of pyridine rings is 1. The number of hydrogen-bond donors (Lipinski definition) is 1. The van der Waals surface area contributed by atoms with Crippen molar-refractivity contribution in [2.45, 2.75) is 26.4 Å². The third-order valence-electron chi connectivity index (χ3n) is 2.18. The Balaban J connectivity index is 3.19. The van der Waals surface area contributed by atoms with Gasteiger partial charge in [0.1, 0.15) is 6.67 Å². The van der Waals surface area contributed by atoms with Gasteiger partial charge in [-0.2, -0.15) is 0 Å². The Morgan fingerprint density at radius 2 is 2.05 bits per heavy atom. The van der Waals surface area contributed by atoms with E-state index in [-0.39, 0.29) is 6.61 Å². The van der Waals surface area contributed by atoms with E-state index < -0.39 is 47.9 Å². The molecule has 0 amide bonds. The molecule has 1 rings (SSSR count). The highest BCUT2D eigenvalue weighted by Gasteiger charge is 2.34. The number of alkyl halides is 4. The third kappa shape index (κ3) is 4.25. The summed E-state index contributed by atoms with van der Waals surface area (Å²) in [7, 11) is 0. The summed E-state index contributed by atoms with van der Waals surface area (Å²) in [5, 5.41) is 0. The normalized spacial score (nSPS) is 11.2. The lowest BCUT2D eigenvalue weighted by Gasteiger charge is -2.13. The van der Waals surface area contributed by atoms with Crippen molar-refractivity contribution in [2.75, 3.05) is 6.61 Å². The molecule has 0 spiro atoms. The van der Waals surface area contributed by atoms with Gasteiger partial charge in [0.05, 0.1) is 24.3 Å². The van der Waals surface area contributed by atoms with Crippen molar-refractivity contribution in [3.05, 3.63) is 27.7 Å². The second-order valence-electron chi connectivity index (χ2n) is 3.61. The van der Waals surface area contributed by atoms with E-state index in [1.165, 1.54) is 6.92 Å². The highest BCUT2D eigenvalue weighted by atomic mass is 19.4. The maximum Gasteiger partial charge on any atom is 0.573 e. The van der Waals surface area contributed by atoms with Crippen molar-refractivity contribution in [3.63, 3.8) is 0 Å². The number of rotatable bonds is 5. The highest BCUT2D eigenvalue weighted by molar-refractivity contribution is 5.72. The molecule has 1 N–H and O–H groups in total. The van der Waals surface area contributed by atoms with Gasteiger partial charge >= 0.3 is 12.3 Å². The van der Waals surface area contributed by atoms with Gasteiger partial charge in [-0.1, -0.05) is 0 Å². The number of carbonyl (C=O) groups excluding carboxylic acids is 1. The Morgan fingerprint density at radius 1 is 1.40 bits per heavy atom. The third-order valence-corrected chi connectivity index (χ3v) is 2.18. The molecule has 0 atom stereocenters. The van der Waals surface area contributed by atoms with Gasteiger partial charge in [0.25, 0.3) is 0 Å². The molecule has 112 valence electrons. The maximum atomic E-state index is 12.5. The van der Waals surface area contributed by atoms with Gasteiger partial charge in [-0.05, 0) is 6.92 Å². The number of hydrogen-bond acceptors (Lipinski definition) is 4. The molecule has 0 fully saturated rings. The Labute approximate surface area is 110 Å². The predicted octanol–water partition coefficient (Wildman–Crippen LogP) is 1.85. The Morgan fingerprint density at radius 3 is 2.55 bits per heavy atom. The van der Waals surface area contributed by atoms with Gasteiger partial charge in [-0.3, -0.25) is 9.59 Å². The molecule has 0 saturated carbocycles. The molecule has 0 aliphatic heterocycles. The zero-order chi connectivity index (χ0) is 15.3. The van der Waals surface area contributed by atoms with E-state index in [0.29, 0.717) is 0 Å². The summed E-state index contributed by atoms with van der Waals surface area (Å²) in [5.41, 5.74) is -2.22. The molecule has 1 aromatic rings. The maximum absolute atomic E-state index is 12.5. The number of aromatic amines is 1. The summed E-state index contributed by atoms with van der Waals surface area (Å²) in [6, 6.07) is 0. The number of ether oxygens (including phenoxy) is 2. The van der Waals surface area contributed by atoms with Crippen molar-refractivity contribution in [1.82, 2.24) is 4.98 Å². The second kappa shape index (κ2) is 6.40. The van der Waals surface area contributed by atoms with Crippen molar-refractivity contribution in [3.8, 4) is 5.75 Å². The van der Waals surface area contributed by atoms with Gasteiger partial charge in [0.2, 0.25) is 5.43 Å². The number of nitrogens with one attached hydrogen (secondary N) is 1. The lowest BCUT2D eigenvalue weighted by atomic mass is 10.2. The van der Waals surface area contributed by atoms with E-state index in [1.54, 1.807) is 0 Å². The quantitative estimate of drug-likeness (QED) is 0.665. The van der Waals surface area contributed by atoms with E-state index in [4.69, 9.17) is 0 Å². The first-order chi connectivity index (χ1) is 9.28. The van der Waals surface area contributed by atoms with E-state index in [1.807, 2.05) is 0 Å². The summed E-state index contributed by atoms with van der Waals surface area (Å²) >= 11 is 0. The minimum atomic E-state index is -5.13. The van der Waals surface area contributed by atoms with E-state index >= 15 is 0 Å². The van der Waals surface area contributed by atoms with Crippen molar-refractivity contribution in [2.24, 2.45) is 0 Å². The van der Waals surface area contributed by atoms with Crippen LogP contribution in [0.15, 0.2) is 11.0 Å². The molecule has 0 aliphatic carbocycles. The molecule has 0 aliphatic rings. The van der Waals surface area contributed by atoms with Crippen LogP contribution in [0.3, 0.4) is 0 Å². The predicted molar refractivity (Wildman–Crippen MR) is 58.9 cm³/mol. The zero-order valence-electron chi connectivity index (χ0n) is 10.3. The smallest absolute Gasteiger partial charge is 0.466 e. The lowest BCUT2D eigenvalue weighted by molar-refractivity contribution is -0.275. The van der Waals surface area contributed by atoms with Crippen molar-refractivity contribution >= 4 is 5.97 Å². The number of aromatic nitrogens is 1. The molecule has 20 heavy (non-hydrogen) atoms.